The Kier molecular flexibility index (Phi) is 4.50. The molecule has 0 aliphatic rings. The van der Waals surface area contributed by atoms with E-state index >= 15 is 0 Å². The maximum Gasteiger partial charge on any atom is 0.333 e. The number of anilines is 1. The number of para-hydroxylation sites is 1. The summed E-state index contributed by atoms with van der Waals surface area (Å²) in [6.45, 7) is 0. The number of rotatable bonds is 5. The fourth-order valence-electron chi connectivity index (χ4n) is 1.35. The van der Waals surface area contributed by atoms with E-state index in [1.54, 1.807) is 24.3 Å². The van der Waals surface area contributed by atoms with Crippen molar-refractivity contribution >= 4 is 13.3 Å². The van der Waals surface area contributed by atoms with Gasteiger partial charge in [0.15, 0.2) is 0 Å². The van der Waals surface area contributed by atoms with Gasteiger partial charge in [0.1, 0.15) is 0 Å². The fourth-order valence-corrected chi connectivity index (χ4v) is 2.42. The third-order valence-electron chi connectivity index (χ3n) is 2.31. The van der Waals surface area contributed by atoms with Crippen molar-refractivity contribution < 1.29 is 18.7 Å². The quantitative estimate of drug-likeness (QED) is 0.610. The predicted molar refractivity (Wildman–Crippen MR) is 62.3 cm³/mol. The van der Waals surface area contributed by atoms with Gasteiger partial charge in [-0.15, -0.1) is 0 Å². The number of benzene rings is 1. The number of hydrogen-bond acceptors (Lipinski definition) is 5. The van der Waals surface area contributed by atoms with E-state index in [0.29, 0.717) is 11.3 Å². The molecule has 0 aromatic heterocycles. The molecule has 1 aromatic carbocycles. The van der Waals surface area contributed by atoms with Crippen LogP contribution < -0.4 is 5.73 Å². The zero-order chi connectivity index (χ0) is 12.2. The minimum Gasteiger partial charge on any atom is -0.398 e. The first-order valence-corrected chi connectivity index (χ1v) is 6.48. The van der Waals surface area contributed by atoms with Crippen LogP contribution in [0.15, 0.2) is 24.3 Å². The van der Waals surface area contributed by atoms with Crippen molar-refractivity contribution in [3.8, 4) is 0 Å². The van der Waals surface area contributed by atoms with Crippen LogP contribution in [0.3, 0.4) is 0 Å². The lowest BCUT2D eigenvalue weighted by atomic mass is 10.1. The van der Waals surface area contributed by atoms with Crippen LogP contribution in [0.2, 0.25) is 0 Å². The van der Waals surface area contributed by atoms with E-state index in [4.69, 9.17) is 14.8 Å². The van der Waals surface area contributed by atoms with E-state index < -0.39 is 13.7 Å². The highest BCUT2D eigenvalue weighted by Crippen LogP contribution is 2.49. The van der Waals surface area contributed by atoms with Gasteiger partial charge in [-0.25, -0.2) is 0 Å². The Morgan fingerprint density at radius 2 is 1.94 bits per heavy atom. The molecule has 1 aromatic rings. The summed E-state index contributed by atoms with van der Waals surface area (Å²) in [6, 6.07) is 6.86. The largest absolute Gasteiger partial charge is 0.398 e. The molecule has 3 N–H and O–H groups in total. The fraction of sp³-hybridized carbons (Fsp3) is 0.400. The lowest BCUT2D eigenvalue weighted by Gasteiger charge is -2.18. The molecule has 0 radical (unpaired) electrons. The molecule has 0 amide bonds. The smallest absolute Gasteiger partial charge is 0.333 e. The van der Waals surface area contributed by atoms with Crippen molar-refractivity contribution in [3.05, 3.63) is 29.8 Å². The van der Waals surface area contributed by atoms with E-state index in [1.165, 1.54) is 14.2 Å². The first-order valence-electron chi connectivity index (χ1n) is 4.75. The predicted octanol–water partition coefficient (Wildman–Crippen LogP) is 1.79. The van der Waals surface area contributed by atoms with Gasteiger partial charge in [-0.05, 0) is 6.07 Å². The third kappa shape index (κ3) is 3.06. The Hall–Kier alpha value is -0.870. The minimum absolute atomic E-state index is 0.117. The van der Waals surface area contributed by atoms with Crippen LogP contribution in [0, 0.1) is 0 Å². The molecule has 6 heteroatoms. The van der Waals surface area contributed by atoms with E-state index in [-0.39, 0.29) is 6.16 Å². The Morgan fingerprint density at radius 1 is 1.38 bits per heavy atom. The van der Waals surface area contributed by atoms with Crippen molar-refractivity contribution in [3.63, 3.8) is 0 Å². The summed E-state index contributed by atoms with van der Waals surface area (Å²) in [4.78, 5) is 0. The van der Waals surface area contributed by atoms with Crippen molar-refractivity contribution in [2.75, 3.05) is 26.1 Å². The van der Waals surface area contributed by atoms with E-state index in [1.807, 2.05) is 0 Å². The van der Waals surface area contributed by atoms with Gasteiger partial charge in [0.05, 0.1) is 12.3 Å². The normalized spacial score (nSPS) is 13.7. The van der Waals surface area contributed by atoms with Crippen LogP contribution in [-0.4, -0.2) is 25.5 Å². The van der Waals surface area contributed by atoms with Crippen LogP contribution >= 0.6 is 7.60 Å². The van der Waals surface area contributed by atoms with E-state index in [0.717, 1.165) is 0 Å². The highest BCUT2D eigenvalue weighted by atomic mass is 31.2. The summed E-state index contributed by atoms with van der Waals surface area (Å²) >= 11 is 0. The Balaban J connectivity index is 2.84. The maximum absolute atomic E-state index is 11.8. The van der Waals surface area contributed by atoms with Gasteiger partial charge in [-0.1, -0.05) is 18.2 Å². The van der Waals surface area contributed by atoms with Gasteiger partial charge >= 0.3 is 7.60 Å². The second kappa shape index (κ2) is 5.46. The van der Waals surface area contributed by atoms with Crippen LogP contribution in [0.4, 0.5) is 5.69 Å². The zero-order valence-corrected chi connectivity index (χ0v) is 10.2. The Bertz CT molecular complexity index is 388. The average Bonchev–Trinajstić information content (AvgIpc) is 2.29. The van der Waals surface area contributed by atoms with Crippen molar-refractivity contribution in [2.45, 2.75) is 6.10 Å². The monoisotopic (exact) mass is 245 g/mol. The van der Waals surface area contributed by atoms with Gasteiger partial charge in [-0.3, -0.25) is 4.57 Å². The van der Waals surface area contributed by atoms with Crippen LogP contribution in [0.1, 0.15) is 11.7 Å². The SMILES string of the molecule is COP(=O)(CC(O)c1ccccc1N)OC. The summed E-state index contributed by atoms with van der Waals surface area (Å²) in [6.07, 6.45) is -1.08. The summed E-state index contributed by atoms with van der Waals surface area (Å²) in [7, 11) is -0.662. The van der Waals surface area contributed by atoms with Crippen molar-refractivity contribution in [2.24, 2.45) is 0 Å². The molecule has 0 aliphatic heterocycles. The molecule has 1 rings (SSSR count). The topological polar surface area (TPSA) is 81.8 Å². The molecule has 1 unspecified atom stereocenters. The Morgan fingerprint density at radius 3 is 2.44 bits per heavy atom. The molecule has 1 atom stereocenters. The molecule has 0 fully saturated rings. The van der Waals surface area contributed by atoms with Crippen molar-refractivity contribution in [1.82, 2.24) is 0 Å². The summed E-state index contributed by atoms with van der Waals surface area (Å²) in [5.41, 5.74) is 6.67. The minimum atomic E-state index is -3.23. The molecule has 16 heavy (non-hydrogen) atoms. The van der Waals surface area contributed by atoms with Gasteiger partial charge < -0.3 is 19.9 Å². The molecule has 0 spiro atoms. The lowest BCUT2D eigenvalue weighted by Crippen LogP contribution is -2.08. The number of nitrogens with two attached hydrogens (primary N) is 1. The molecule has 0 saturated carbocycles. The van der Waals surface area contributed by atoms with Gasteiger partial charge in [-0.2, -0.15) is 0 Å². The molecule has 0 aliphatic carbocycles. The second-order valence-electron chi connectivity index (χ2n) is 3.30. The first kappa shape index (κ1) is 13.2. The van der Waals surface area contributed by atoms with Gasteiger partial charge in [0.2, 0.25) is 0 Å². The van der Waals surface area contributed by atoms with Gasteiger partial charge in [0, 0.05) is 25.5 Å². The van der Waals surface area contributed by atoms with Crippen LogP contribution in [-0.2, 0) is 13.6 Å². The average molecular weight is 245 g/mol. The summed E-state index contributed by atoms with van der Waals surface area (Å²) in [5.74, 6) is 0. The highest BCUT2D eigenvalue weighted by molar-refractivity contribution is 7.53. The second-order valence-corrected chi connectivity index (χ2v) is 5.62. The number of hydrogen-bond donors (Lipinski definition) is 2. The molecule has 0 heterocycles. The van der Waals surface area contributed by atoms with E-state index in [9.17, 15) is 9.67 Å². The van der Waals surface area contributed by atoms with Crippen LogP contribution in [0.25, 0.3) is 0 Å². The first-order chi connectivity index (χ1) is 7.52. The highest BCUT2D eigenvalue weighted by Gasteiger charge is 2.27. The van der Waals surface area contributed by atoms with E-state index in [2.05, 4.69) is 0 Å². The molecule has 5 nitrogen and oxygen atoms in total. The Labute approximate surface area is 94.7 Å². The lowest BCUT2D eigenvalue weighted by molar-refractivity contribution is 0.184. The molecule has 90 valence electrons. The standard InChI is InChI=1S/C10H16NO4P/c1-14-16(13,15-2)7-10(12)8-5-3-4-6-9(8)11/h3-6,10,12H,7,11H2,1-2H3. The van der Waals surface area contributed by atoms with Crippen molar-refractivity contribution in [1.29, 1.82) is 0 Å². The molecule has 0 saturated heterocycles. The molecule has 0 bridgehead atoms. The third-order valence-corrected chi connectivity index (χ3v) is 4.21. The zero-order valence-electron chi connectivity index (χ0n) is 9.29. The van der Waals surface area contributed by atoms with Gasteiger partial charge in [0.25, 0.3) is 0 Å². The van der Waals surface area contributed by atoms with Crippen LogP contribution in [0.5, 0.6) is 0 Å². The number of aliphatic hydroxyl groups excluding tert-OH is 1. The summed E-state index contributed by atoms with van der Waals surface area (Å²) < 4.78 is 21.3. The summed E-state index contributed by atoms with van der Waals surface area (Å²) in [5, 5.41) is 9.89. The molecular formula is C10H16NO4P. The molecular weight excluding hydrogens is 229 g/mol. The number of aliphatic hydroxyl groups is 1. The number of nitrogen functional groups attached to an aromatic ring is 1. The maximum atomic E-state index is 11.8.